The van der Waals surface area contributed by atoms with Crippen molar-refractivity contribution in [2.45, 2.75) is 44.4 Å². The van der Waals surface area contributed by atoms with Crippen molar-refractivity contribution in [2.24, 2.45) is 5.92 Å². The minimum Gasteiger partial charge on any atom is -0.484 e. The topological polar surface area (TPSA) is 104 Å². The van der Waals surface area contributed by atoms with Crippen LogP contribution in [0.3, 0.4) is 0 Å². The number of aromatic nitrogens is 3. The number of alkyl halides is 3. The van der Waals surface area contributed by atoms with E-state index < -0.39 is 22.7 Å². The highest BCUT2D eigenvalue weighted by Crippen LogP contribution is 2.40. The van der Waals surface area contributed by atoms with Crippen molar-refractivity contribution in [1.82, 2.24) is 14.8 Å². The first-order valence-electron chi connectivity index (χ1n) is 10.1. The molecule has 1 saturated carbocycles. The molecule has 13 heteroatoms. The quantitative estimate of drug-likeness (QED) is 0.359. The summed E-state index contributed by atoms with van der Waals surface area (Å²) in [5.74, 6) is -0.472. The molecule has 0 amide bonds. The fourth-order valence-electron chi connectivity index (χ4n) is 3.83. The summed E-state index contributed by atoms with van der Waals surface area (Å²) in [6.45, 7) is 2.01. The zero-order chi connectivity index (χ0) is 23.0. The number of aryl methyl sites for hydroxylation is 1. The second kappa shape index (κ2) is 8.74. The summed E-state index contributed by atoms with van der Waals surface area (Å²) in [6.07, 6.45) is -1.31. The van der Waals surface area contributed by atoms with Gasteiger partial charge >= 0.3 is 12.0 Å². The van der Waals surface area contributed by atoms with Gasteiger partial charge in [0.1, 0.15) is 16.9 Å². The first-order valence-corrected chi connectivity index (χ1v) is 10.5. The molecular weight excluding hydrogens is 455 g/mol. The Hall–Kier alpha value is -2.60. The van der Waals surface area contributed by atoms with E-state index in [1.807, 2.05) is 0 Å². The maximum atomic E-state index is 13.3. The lowest BCUT2D eigenvalue weighted by molar-refractivity contribution is -0.394. The highest BCUT2D eigenvalue weighted by Gasteiger charge is 2.38. The van der Waals surface area contributed by atoms with Crippen LogP contribution in [-0.2, 0) is 10.9 Å². The minimum atomic E-state index is -4.61. The Kier molecular flexibility index (Phi) is 6.17. The molecule has 1 saturated heterocycles. The number of ether oxygens (including phenoxy) is 2. The summed E-state index contributed by atoms with van der Waals surface area (Å²) < 4.78 is 52.6. The largest absolute Gasteiger partial charge is 0.484 e. The van der Waals surface area contributed by atoms with Gasteiger partial charge in [0, 0.05) is 12.1 Å². The van der Waals surface area contributed by atoms with Crippen molar-refractivity contribution in [3.05, 3.63) is 38.8 Å². The predicted molar refractivity (Wildman–Crippen MR) is 108 cm³/mol. The fraction of sp³-hybridized carbons (Fsp3) is 0.579. The molecule has 1 aliphatic carbocycles. The number of hydrogen-bond donors (Lipinski definition) is 1. The predicted octanol–water partition coefficient (Wildman–Crippen LogP) is 4.40. The number of halogens is 4. The number of hydrogen-bond acceptors (Lipinski definition) is 7. The third-order valence-corrected chi connectivity index (χ3v) is 5.96. The van der Waals surface area contributed by atoms with E-state index in [1.54, 1.807) is 6.92 Å². The number of pyridine rings is 1. The zero-order valence-corrected chi connectivity index (χ0v) is 17.8. The number of nitrogens with zero attached hydrogens (tertiary/aromatic N) is 4. The normalized spacial score (nSPS) is 21.4. The minimum absolute atomic E-state index is 0.00980. The molecule has 1 N–H and O–H groups in total. The van der Waals surface area contributed by atoms with Gasteiger partial charge in [-0.25, -0.2) is 4.98 Å². The lowest BCUT2D eigenvalue weighted by atomic mass is 9.93. The Balaban J connectivity index is 1.50. The number of rotatable bonds is 7. The van der Waals surface area contributed by atoms with Crippen molar-refractivity contribution in [1.29, 1.82) is 0 Å². The molecule has 2 aromatic heterocycles. The molecule has 2 aliphatic rings. The van der Waals surface area contributed by atoms with Crippen molar-refractivity contribution >= 4 is 23.1 Å². The number of anilines is 1. The maximum absolute atomic E-state index is 13.3. The van der Waals surface area contributed by atoms with E-state index in [9.17, 15) is 23.3 Å². The van der Waals surface area contributed by atoms with Gasteiger partial charge in [0.05, 0.1) is 37.1 Å². The van der Waals surface area contributed by atoms with Gasteiger partial charge in [0.2, 0.25) is 5.75 Å². The van der Waals surface area contributed by atoms with Crippen LogP contribution in [0.5, 0.6) is 5.75 Å². The van der Waals surface area contributed by atoms with E-state index >= 15 is 0 Å². The molecule has 0 bridgehead atoms. The molecule has 9 nitrogen and oxygen atoms in total. The molecule has 174 valence electrons. The Morgan fingerprint density at radius 3 is 2.78 bits per heavy atom. The third-order valence-electron chi connectivity index (χ3n) is 5.76. The van der Waals surface area contributed by atoms with Crippen LogP contribution in [0.4, 0.5) is 24.7 Å². The molecule has 0 radical (unpaired) electrons. The van der Waals surface area contributed by atoms with E-state index in [1.165, 1.54) is 4.68 Å². The number of nitrogens with one attached hydrogen (secondary N) is 1. The Morgan fingerprint density at radius 1 is 1.41 bits per heavy atom. The molecule has 3 heterocycles. The van der Waals surface area contributed by atoms with Crippen molar-refractivity contribution in [3.63, 3.8) is 0 Å². The Morgan fingerprint density at radius 2 is 2.16 bits per heavy atom. The molecule has 2 fully saturated rings. The van der Waals surface area contributed by atoms with Crippen LogP contribution < -0.4 is 10.1 Å². The summed E-state index contributed by atoms with van der Waals surface area (Å²) >= 11 is 5.79. The second-order valence-electron chi connectivity index (χ2n) is 7.93. The van der Waals surface area contributed by atoms with Crippen LogP contribution >= 0.6 is 11.6 Å². The van der Waals surface area contributed by atoms with E-state index in [4.69, 9.17) is 21.1 Å². The highest BCUT2D eigenvalue weighted by atomic mass is 35.5. The van der Waals surface area contributed by atoms with Gasteiger partial charge in [-0.1, -0.05) is 16.7 Å². The van der Waals surface area contributed by atoms with E-state index in [0.29, 0.717) is 11.9 Å². The molecular formula is C19H21ClF3N5O4. The van der Waals surface area contributed by atoms with E-state index in [2.05, 4.69) is 15.4 Å². The summed E-state index contributed by atoms with van der Waals surface area (Å²) in [5, 5.41) is 18.7. The third kappa shape index (κ3) is 4.46. The van der Waals surface area contributed by atoms with Crippen LogP contribution in [0.15, 0.2) is 12.3 Å². The zero-order valence-electron chi connectivity index (χ0n) is 17.1. The first-order chi connectivity index (χ1) is 15.1. The summed E-state index contributed by atoms with van der Waals surface area (Å²) in [4.78, 5) is 14.7. The van der Waals surface area contributed by atoms with E-state index in [0.717, 1.165) is 25.3 Å². The lowest BCUT2D eigenvalue weighted by Gasteiger charge is -2.23. The van der Waals surface area contributed by atoms with Gasteiger partial charge in [0.25, 0.3) is 0 Å². The van der Waals surface area contributed by atoms with Crippen LogP contribution in [0.1, 0.15) is 36.6 Å². The van der Waals surface area contributed by atoms with Crippen molar-refractivity contribution in [2.75, 3.05) is 25.1 Å². The van der Waals surface area contributed by atoms with E-state index in [-0.39, 0.29) is 54.2 Å². The SMILES string of the molecule is Cc1nn(C2CCC2)c([N+](=O)[O-])c1OC[C@H]1COC[C@@H]1Nc1cc(Cl)ncc1C(F)(F)F. The average molecular weight is 476 g/mol. The van der Waals surface area contributed by atoms with Crippen molar-refractivity contribution in [3.8, 4) is 5.75 Å². The monoisotopic (exact) mass is 475 g/mol. The summed E-state index contributed by atoms with van der Waals surface area (Å²) in [7, 11) is 0. The lowest BCUT2D eigenvalue weighted by Crippen LogP contribution is -2.32. The molecule has 4 rings (SSSR count). The molecule has 0 unspecified atom stereocenters. The summed E-state index contributed by atoms with van der Waals surface area (Å²) in [6, 6.07) is 0.571. The average Bonchev–Trinajstić information content (AvgIpc) is 3.21. The van der Waals surface area contributed by atoms with Gasteiger partial charge in [-0.2, -0.15) is 13.2 Å². The molecule has 2 atom stereocenters. The molecule has 2 aromatic rings. The van der Waals surface area contributed by atoms with Gasteiger partial charge in [-0.3, -0.25) is 0 Å². The fourth-order valence-corrected chi connectivity index (χ4v) is 3.99. The van der Waals surface area contributed by atoms with Crippen LogP contribution in [0, 0.1) is 23.0 Å². The molecule has 0 spiro atoms. The summed E-state index contributed by atoms with van der Waals surface area (Å²) in [5.41, 5.74) is -0.757. The van der Waals surface area contributed by atoms with Gasteiger partial charge < -0.3 is 24.9 Å². The molecule has 1 aliphatic heterocycles. The number of nitro groups is 1. The molecule has 32 heavy (non-hydrogen) atoms. The van der Waals surface area contributed by atoms with Gasteiger partial charge in [-0.15, -0.1) is 4.68 Å². The Labute approximate surface area is 186 Å². The maximum Gasteiger partial charge on any atom is 0.419 e. The van der Waals surface area contributed by atoms with Gasteiger partial charge in [-0.05, 0) is 37.2 Å². The smallest absolute Gasteiger partial charge is 0.419 e. The van der Waals surface area contributed by atoms with Crippen LogP contribution in [0.2, 0.25) is 5.15 Å². The van der Waals surface area contributed by atoms with Crippen LogP contribution in [-0.4, -0.2) is 45.6 Å². The standard InChI is InChI=1S/C19H21ClF3N5O4/c1-10-17(18(28(29)30)27(26-10)12-3-2-4-12)32-8-11-7-31-9-15(11)25-14-5-16(20)24-6-13(14)19(21,22)23/h5-6,11-12,15H,2-4,7-9H2,1H3,(H,24,25)/t11-,15+/m1/s1. The highest BCUT2D eigenvalue weighted by molar-refractivity contribution is 6.29. The van der Waals surface area contributed by atoms with Gasteiger partial charge in [0.15, 0.2) is 0 Å². The first kappa shape index (κ1) is 22.6. The van der Waals surface area contributed by atoms with Crippen molar-refractivity contribution < 1.29 is 27.6 Å². The molecule has 0 aromatic carbocycles. The van der Waals surface area contributed by atoms with Crippen LogP contribution in [0.25, 0.3) is 0 Å². The second-order valence-corrected chi connectivity index (χ2v) is 8.32. The Bertz CT molecular complexity index is 1010.